The molecule has 0 aliphatic carbocycles. The monoisotopic (exact) mass is 605 g/mol. The molecule has 2 aromatic heterocycles. The Balaban J connectivity index is 1.59. The van der Waals surface area contributed by atoms with E-state index in [1.807, 2.05) is 52.0 Å². The van der Waals surface area contributed by atoms with E-state index in [0.717, 1.165) is 21.4 Å². The maximum absolute atomic E-state index is 14.1. The van der Waals surface area contributed by atoms with Crippen LogP contribution >= 0.6 is 15.9 Å². The first kappa shape index (κ1) is 27.8. The van der Waals surface area contributed by atoms with Gasteiger partial charge in [0.15, 0.2) is 0 Å². The van der Waals surface area contributed by atoms with Gasteiger partial charge in [0.1, 0.15) is 12.4 Å². The van der Waals surface area contributed by atoms with Crippen molar-refractivity contribution < 1.29 is 14.6 Å². The highest BCUT2D eigenvalue weighted by Gasteiger charge is 2.32. The van der Waals surface area contributed by atoms with E-state index in [1.54, 1.807) is 45.3 Å². The molecule has 0 unspecified atom stereocenters. The maximum Gasteiger partial charge on any atom is 0.263 e. The van der Waals surface area contributed by atoms with E-state index in [9.17, 15) is 14.7 Å². The Kier molecular flexibility index (Phi) is 7.65. The van der Waals surface area contributed by atoms with Crippen molar-refractivity contribution in [2.24, 2.45) is 0 Å². The smallest absolute Gasteiger partial charge is 0.263 e. The van der Waals surface area contributed by atoms with Gasteiger partial charge >= 0.3 is 0 Å². The number of carbonyl (C=O) groups excluding carboxylic acids is 1. The molecule has 0 fully saturated rings. The van der Waals surface area contributed by atoms with E-state index in [0.29, 0.717) is 40.6 Å². The molecule has 0 saturated carbocycles. The number of amides is 1. The molecule has 1 aliphatic heterocycles. The van der Waals surface area contributed by atoms with Crippen molar-refractivity contribution in [2.75, 3.05) is 6.61 Å². The molecule has 1 amide bonds. The average Bonchev–Trinajstić information content (AvgIpc) is 3.26. The van der Waals surface area contributed by atoms with Crippen LogP contribution < -0.4 is 10.3 Å². The topological polar surface area (TPSA) is 102 Å². The first-order valence-electron chi connectivity index (χ1n) is 13.2. The van der Waals surface area contributed by atoms with Crippen molar-refractivity contribution in [2.45, 2.75) is 59.7 Å². The van der Waals surface area contributed by atoms with Gasteiger partial charge in [-0.25, -0.2) is 14.2 Å². The molecular weight excluding hydrogens is 574 g/mol. The summed E-state index contributed by atoms with van der Waals surface area (Å²) in [7, 11) is 0. The quantitative estimate of drug-likeness (QED) is 0.348. The minimum Gasteiger partial charge on any atom is -0.491 e. The highest BCUT2D eigenvalue weighted by molar-refractivity contribution is 9.10. The number of fused-ring (bicyclic) bond motifs is 1. The van der Waals surface area contributed by atoms with E-state index in [1.165, 1.54) is 0 Å². The van der Waals surface area contributed by atoms with E-state index >= 15 is 0 Å². The molecule has 5 rings (SSSR count). The molecule has 2 aromatic carbocycles. The Labute approximate surface area is 241 Å². The van der Waals surface area contributed by atoms with Crippen LogP contribution in [0, 0.1) is 20.8 Å². The number of aromatic nitrogens is 4. The lowest BCUT2D eigenvalue weighted by Gasteiger charge is -2.34. The van der Waals surface area contributed by atoms with Crippen LogP contribution in [0.1, 0.15) is 52.4 Å². The van der Waals surface area contributed by atoms with Crippen molar-refractivity contribution >= 4 is 21.8 Å². The number of nitrogens with zero attached hydrogens (tertiary/aromatic N) is 5. The number of benzene rings is 2. The number of carbonyl (C=O) groups is 1. The molecule has 3 heterocycles. The highest BCUT2D eigenvalue weighted by atomic mass is 79.9. The van der Waals surface area contributed by atoms with Gasteiger partial charge in [-0.3, -0.25) is 9.59 Å². The van der Waals surface area contributed by atoms with Gasteiger partial charge in [0.2, 0.25) is 5.95 Å². The van der Waals surface area contributed by atoms with Gasteiger partial charge < -0.3 is 14.7 Å². The van der Waals surface area contributed by atoms with Gasteiger partial charge in [-0.05, 0) is 95.1 Å². The number of hydrogen-bond acceptors (Lipinski definition) is 6. The number of aryl methyl sites for hydroxylation is 3. The second kappa shape index (κ2) is 11.0. The van der Waals surface area contributed by atoms with Crippen LogP contribution in [0.4, 0.5) is 0 Å². The van der Waals surface area contributed by atoms with Gasteiger partial charge in [0.05, 0.1) is 29.7 Å². The molecule has 9 nitrogen and oxygen atoms in total. The van der Waals surface area contributed by atoms with Crippen LogP contribution in [0.25, 0.3) is 11.6 Å². The molecule has 0 bridgehead atoms. The summed E-state index contributed by atoms with van der Waals surface area (Å²) in [4.78, 5) is 34.4. The van der Waals surface area contributed by atoms with Crippen LogP contribution in [-0.4, -0.2) is 54.0 Å². The summed E-state index contributed by atoms with van der Waals surface area (Å²) in [5.74, 6) is 0.843. The predicted octanol–water partition coefficient (Wildman–Crippen LogP) is 4.45. The van der Waals surface area contributed by atoms with Gasteiger partial charge in [-0.2, -0.15) is 5.10 Å². The molecule has 0 spiro atoms. The molecule has 0 saturated heterocycles. The minimum atomic E-state index is -0.592. The van der Waals surface area contributed by atoms with Crippen molar-refractivity contribution in [3.8, 4) is 17.4 Å². The van der Waals surface area contributed by atoms with E-state index < -0.39 is 6.10 Å². The van der Waals surface area contributed by atoms with Gasteiger partial charge in [-0.1, -0.05) is 15.9 Å². The van der Waals surface area contributed by atoms with Gasteiger partial charge in [0, 0.05) is 27.3 Å². The molecule has 4 aromatic rings. The molecule has 208 valence electrons. The molecule has 2 atom stereocenters. The van der Waals surface area contributed by atoms with E-state index in [2.05, 4.69) is 21.0 Å². The van der Waals surface area contributed by atoms with Crippen LogP contribution in [0.5, 0.6) is 5.75 Å². The average molecular weight is 607 g/mol. The first-order chi connectivity index (χ1) is 19.0. The third kappa shape index (κ3) is 5.33. The van der Waals surface area contributed by atoms with Gasteiger partial charge in [-0.15, -0.1) is 0 Å². The van der Waals surface area contributed by atoms with Crippen LogP contribution in [0.3, 0.4) is 0 Å². The summed E-state index contributed by atoms with van der Waals surface area (Å²) in [6.45, 7) is 9.76. The normalized spacial score (nSPS) is 15.6. The van der Waals surface area contributed by atoms with E-state index in [4.69, 9.17) is 9.72 Å². The summed E-state index contributed by atoms with van der Waals surface area (Å²) < 4.78 is 9.78. The second-order valence-corrected chi connectivity index (χ2v) is 11.3. The molecule has 40 heavy (non-hydrogen) atoms. The number of aliphatic hydroxyl groups excluding tert-OH is 1. The number of ether oxygens (including phenoxy) is 1. The zero-order valence-corrected chi connectivity index (χ0v) is 24.8. The zero-order chi connectivity index (χ0) is 28.7. The number of aliphatic hydroxyl groups is 1. The second-order valence-electron chi connectivity index (χ2n) is 10.4. The summed E-state index contributed by atoms with van der Waals surface area (Å²) in [6, 6.07) is 14.4. The number of hydrogen-bond donors (Lipinski definition) is 1. The third-order valence-electron chi connectivity index (χ3n) is 7.05. The Bertz CT molecular complexity index is 1640. The summed E-state index contributed by atoms with van der Waals surface area (Å²) in [6.07, 6.45) is -0.207. The summed E-state index contributed by atoms with van der Waals surface area (Å²) >= 11 is 3.50. The highest BCUT2D eigenvalue weighted by Crippen LogP contribution is 2.26. The summed E-state index contributed by atoms with van der Waals surface area (Å²) in [5.41, 5.74) is 4.79. The Morgan fingerprint density at radius 3 is 2.50 bits per heavy atom. The van der Waals surface area contributed by atoms with Crippen LogP contribution in [0.15, 0.2) is 57.8 Å². The molecule has 1 N–H and O–H groups in total. The lowest BCUT2D eigenvalue weighted by molar-refractivity contribution is 0.0652. The molecule has 0 radical (unpaired) electrons. The standard InChI is InChI=1S/C30H32BrN5O4/c1-17-12-22(6-11-26(17)31)28(38)34-15-27-25(14-19(34)3)29(39)35(30(32-27)36-20(4)13-18(2)33-36)23-7-9-24(10-8-23)40-16-21(5)37/h6-13,19,21,37H,14-16H2,1-5H3/t19-,21+/m1/s1. The third-order valence-corrected chi connectivity index (χ3v) is 7.94. The molecule has 1 aliphatic rings. The van der Waals surface area contributed by atoms with Crippen molar-refractivity contribution in [3.05, 3.63) is 97.1 Å². The maximum atomic E-state index is 14.1. The Morgan fingerprint density at radius 1 is 1.15 bits per heavy atom. The first-order valence-corrected chi connectivity index (χ1v) is 14.0. The fourth-order valence-electron chi connectivity index (χ4n) is 4.98. The lowest BCUT2D eigenvalue weighted by Crippen LogP contribution is -2.46. The van der Waals surface area contributed by atoms with Gasteiger partial charge in [0.25, 0.3) is 11.5 Å². The Hall–Kier alpha value is -3.76. The number of rotatable bonds is 6. The molecular formula is C30H32BrN5O4. The van der Waals surface area contributed by atoms with Crippen molar-refractivity contribution in [1.82, 2.24) is 24.2 Å². The van der Waals surface area contributed by atoms with E-state index in [-0.39, 0.29) is 30.7 Å². The number of halogens is 1. The molecule has 10 heteroatoms. The predicted molar refractivity (Wildman–Crippen MR) is 156 cm³/mol. The summed E-state index contributed by atoms with van der Waals surface area (Å²) in [5, 5.41) is 14.1. The largest absolute Gasteiger partial charge is 0.491 e. The fourth-order valence-corrected chi connectivity index (χ4v) is 5.22. The van der Waals surface area contributed by atoms with Crippen LogP contribution in [0.2, 0.25) is 0 Å². The zero-order valence-electron chi connectivity index (χ0n) is 23.2. The minimum absolute atomic E-state index is 0.0971. The fraction of sp³-hybridized carbons (Fsp3) is 0.333. The SMILES string of the molecule is Cc1cc(C)n(-c2nc3c(c(=O)n2-c2ccc(OC[C@H](C)O)cc2)C[C@@H](C)N(C(=O)c2ccc(Br)c(C)c2)C3)n1. The van der Waals surface area contributed by atoms with Crippen molar-refractivity contribution in [3.63, 3.8) is 0 Å². The lowest BCUT2D eigenvalue weighted by atomic mass is 9.98. The van der Waals surface area contributed by atoms with Crippen molar-refractivity contribution in [1.29, 1.82) is 0 Å². The Morgan fingerprint density at radius 2 is 1.88 bits per heavy atom. The van der Waals surface area contributed by atoms with Crippen LogP contribution in [-0.2, 0) is 13.0 Å².